The first-order valence-electron chi connectivity index (χ1n) is 7.71. The summed E-state index contributed by atoms with van der Waals surface area (Å²) in [5, 5.41) is 5.32. The van der Waals surface area contributed by atoms with Gasteiger partial charge in [0.25, 0.3) is 0 Å². The van der Waals surface area contributed by atoms with Crippen LogP contribution < -0.4 is 16.0 Å². The highest BCUT2D eigenvalue weighted by molar-refractivity contribution is 6.30. The second-order valence-corrected chi connectivity index (χ2v) is 6.07. The van der Waals surface area contributed by atoms with Crippen molar-refractivity contribution in [2.45, 2.75) is 0 Å². The Labute approximate surface area is 151 Å². The summed E-state index contributed by atoms with van der Waals surface area (Å²) in [5.74, 6) is 0.646. The van der Waals surface area contributed by atoms with E-state index in [1.165, 1.54) is 6.21 Å². The summed E-state index contributed by atoms with van der Waals surface area (Å²) in [5.41, 5.74) is 0.943. The normalized spacial score (nSPS) is 11.6. The van der Waals surface area contributed by atoms with Gasteiger partial charge >= 0.3 is 11.2 Å². The van der Waals surface area contributed by atoms with Crippen LogP contribution in [0.2, 0.25) is 5.02 Å². The fourth-order valence-corrected chi connectivity index (χ4v) is 2.86. The summed E-state index contributed by atoms with van der Waals surface area (Å²) < 4.78 is 5.97. The Bertz CT molecular complexity index is 1270. The molecule has 130 valence electrons. The second-order valence-electron chi connectivity index (χ2n) is 5.63. The number of fused-ring (bicyclic) bond motifs is 3. The van der Waals surface area contributed by atoms with E-state index in [1.807, 2.05) is 0 Å². The maximum absolute atomic E-state index is 12.7. The lowest BCUT2D eigenvalue weighted by Gasteiger charge is -1.99. The third kappa shape index (κ3) is 2.68. The van der Waals surface area contributed by atoms with Gasteiger partial charge in [-0.1, -0.05) is 23.7 Å². The number of H-pyrrole nitrogens is 2. The van der Waals surface area contributed by atoms with E-state index >= 15 is 0 Å². The third-order valence-corrected chi connectivity index (χ3v) is 4.28. The quantitative estimate of drug-likeness (QED) is 0.544. The first-order valence-corrected chi connectivity index (χ1v) is 8.09. The van der Waals surface area contributed by atoms with E-state index in [1.54, 1.807) is 49.6 Å². The summed E-state index contributed by atoms with van der Waals surface area (Å²) in [7, 11) is 1.56. The summed E-state index contributed by atoms with van der Waals surface area (Å²) >= 11 is 5.84. The molecule has 0 amide bonds. The number of methoxy groups -OCH3 is 1. The van der Waals surface area contributed by atoms with Gasteiger partial charge in [0.15, 0.2) is 0 Å². The number of hydrogen-bond acceptors (Lipinski definition) is 4. The SMILES string of the molecule is COc1ccc2c(c1)[nH]c1c(=O)n(N=Cc3ccc(Cl)cc3)c(=O)[nH]c12. The Kier molecular flexibility index (Phi) is 3.85. The van der Waals surface area contributed by atoms with Gasteiger partial charge in [-0.3, -0.25) is 4.79 Å². The second kappa shape index (κ2) is 6.20. The largest absolute Gasteiger partial charge is 0.497 e. The van der Waals surface area contributed by atoms with Crippen LogP contribution in [0.4, 0.5) is 0 Å². The van der Waals surface area contributed by atoms with Gasteiger partial charge in [0.1, 0.15) is 11.3 Å². The van der Waals surface area contributed by atoms with Gasteiger partial charge in [0.2, 0.25) is 0 Å². The topological polar surface area (TPSA) is 92.2 Å². The molecule has 0 unspecified atom stereocenters. The summed E-state index contributed by atoms with van der Waals surface area (Å²) in [6.45, 7) is 0. The van der Waals surface area contributed by atoms with E-state index < -0.39 is 11.2 Å². The number of hydrogen-bond donors (Lipinski definition) is 2. The average molecular weight is 369 g/mol. The first kappa shape index (κ1) is 16.2. The van der Waals surface area contributed by atoms with Gasteiger partial charge in [0.05, 0.1) is 24.4 Å². The zero-order valence-corrected chi connectivity index (χ0v) is 14.4. The lowest BCUT2D eigenvalue weighted by Crippen LogP contribution is -2.32. The minimum absolute atomic E-state index is 0.265. The van der Waals surface area contributed by atoms with Crippen LogP contribution >= 0.6 is 11.6 Å². The number of benzene rings is 2. The molecular formula is C18H13ClN4O3. The van der Waals surface area contributed by atoms with Crippen molar-refractivity contribution in [3.63, 3.8) is 0 Å². The first-order chi connectivity index (χ1) is 12.6. The van der Waals surface area contributed by atoms with E-state index in [9.17, 15) is 9.59 Å². The van der Waals surface area contributed by atoms with Crippen LogP contribution in [0.25, 0.3) is 21.9 Å². The molecule has 26 heavy (non-hydrogen) atoms. The molecule has 4 rings (SSSR count). The summed E-state index contributed by atoms with van der Waals surface area (Å²) in [4.78, 5) is 30.7. The molecule has 0 bridgehead atoms. The molecule has 2 aromatic carbocycles. The zero-order chi connectivity index (χ0) is 18.3. The van der Waals surface area contributed by atoms with Crippen LogP contribution in [0.5, 0.6) is 5.75 Å². The van der Waals surface area contributed by atoms with E-state index in [0.29, 0.717) is 27.4 Å². The standard InChI is InChI=1S/C18H13ClN4O3/c1-26-12-6-7-13-14(8-12)21-16-15(13)22-18(25)23(17(16)24)20-9-10-2-4-11(19)5-3-10/h2-9,21H,1H3,(H,22,25). The van der Waals surface area contributed by atoms with Crippen molar-refractivity contribution in [2.24, 2.45) is 5.10 Å². The lowest BCUT2D eigenvalue weighted by atomic mass is 10.2. The molecule has 8 heteroatoms. The minimum Gasteiger partial charge on any atom is -0.497 e. The highest BCUT2D eigenvalue weighted by atomic mass is 35.5. The smallest absolute Gasteiger partial charge is 0.350 e. The molecule has 0 radical (unpaired) electrons. The van der Waals surface area contributed by atoms with Crippen molar-refractivity contribution in [3.8, 4) is 5.75 Å². The molecule has 0 atom stereocenters. The van der Waals surface area contributed by atoms with Gasteiger partial charge in [-0.05, 0) is 29.8 Å². The maximum atomic E-state index is 12.7. The Morgan fingerprint density at radius 2 is 1.85 bits per heavy atom. The van der Waals surface area contributed by atoms with Crippen molar-refractivity contribution < 1.29 is 4.74 Å². The molecule has 0 saturated heterocycles. The van der Waals surface area contributed by atoms with Gasteiger partial charge in [0, 0.05) is 16.5 Å². The molecular weight excluding hydrogens is 356 g/mol. The zero-order valence-electron chi connectivity index (χ0n) is 13.6. The van der Waals surface area contributed by atoms with Gasteiger partial charge in [-0.2, -0.15) is 5.10 Å². The number of ether oxygens (including phenoxy) is 1. The van der Waals surface area contributed by atoms with Crippen LogP contribution in [0.3, 0.4) is 0 Å². The molecule has 0 saturated carbocycles. The van der Waals surface area contributed by atoms with Crippen molar-refractivity contribution in [3.05, 3.63) is 73.9 Å². The summed E-state index contributed by atoms with van der Waals surface area (Å²) in [6, 6.07) is 12.2. The molecule has 0 aliphatic heterocycles. The average Bonchev–Trinajstić information content (AvgIpc) is 3.01. The Balaban J connectivity index is 1.88. The molecule has 2 aromatic heterocycles. The number of nitrogens with one attached hydrogen (secondary N) is 2. The van der Waals surface area contributed by atoms with E-state index in [0.717, 1.165) is 10.1 Å². The number of nitrogens with zero attached hydrogens (tertiary/aromatic N) is 2. The molecule has 0 fully saturated rings. The van der Waals surface area contributed by atoms with E-state index in [-0.39, 0.29) is 5.52 Å². The molecule has 2 heterocycles. The van der Waals surface area contributed by atoms with Crippen LogP contribution in [-0.2, 0) is 0 Å². The van der Waals surface area contributed by atoms with Crippen LogP contribution in [0, 0.1) is 0 Å². The van der Waals surface area contributed by atoms with Gasteiger partial charge < -0.3 is 14.7 Å². The maximum Gasteiger partial charge on any atom is 0.350 e. The van der Waals surface area contributed by atoms with Crippen molar-refractivity contribution in [1.29, 1.82) is 0 Å². The summed E-state index contributed by atoms with van der Waals surface area (Å²) in [6.07, 6.45) is 1.42. The van der Waals surface area contributed by atoms with Crippen LogP contribution in [0.15, 0.2) is 57.2 Å². The lowest BCUT2D eigenvalue weighted by molar-refractivity contribution is 0.415. The monoisotopic (exact) mass is 368 g/mol. The van der Waals surface area contributed by atoms with Crippen molar-refractivity contribution in [2.75, 3.05) is 7.11 Å². The van der Waals surface area contributed by atoms with Crippen molar-refractivity contribution in [1.82, 2.24) is 14.6 Å². The number of halogens is 1. The Hall–Kier alpha value is -3.32. The number of rotatable bonds is 3. The highest BCUT2D eigenvalue weighted by Gasteiger charge is 2.13. The molecule has 7 nitrogen and oxygen atoms in total. The number of aromatic nitrogens is 3. The highest BCUT2D eigenvalue weighted by Crippen LogP contribution is 2.24. The fourth-order valence-electron chi connectivity index (χ4n) is 2.73. The predicted octanol–water partition coefficient (Wildman–Crippen LogP) is 2.72. The fraction of sp³-hybridized carbons (Fsp3) is 0.0556. The van der Waals surface area contributed by atoms with E-state index in [2.05, 4.69) is 15.1 Å². The molecule has 4 aromatic rings. The molecule has 0 spiro atoms. The number of aromatic amines is 2. The van der Waals surface area contributed by atoms with Gasteiger partial charge in [-0.25, -0.2) is 4.79 Å². The molecule has 0 aliphatic carbocycles. The predicted molar refractivity (Wildman–Crippen MR) is 102 cm³/mol. The van der Waals surface area contributed by atoms with Crippen molar-refractivity contribution >= 4 is 39.8 Å². The van der Waals surface area contributed by atoms with Crippen LogP contribution in [-0.4, -0.2) is 28.0 Å². The third-order valence-electron chi connectivity index (χ3n) is 4.03. The Morgan fingerprint density at radius 3 is 2.58 bits per heavy atom. The minimum atomic E-state index is -0.621. The molecule has 0 aliphatic rings. The van der Waals surface area contributed by atoms with Crippen LogP contribution in [0.1, 0.15) is 5.56 Å². The Morgan fingerprint density at radius 1 is 1.08 bits per heavy atom. The van der Waals surface area contributed by atoms with Gasteiger partial charge in [-0.15, -0.1) is 4.68 Å². The molecule has 2 N–H and O–H groups in total. The van der Waals surface area contributed by atoms with E-state index in [4.69, 9.17) is 16.3 Å².